The van der Waals surface area contributed by atoms with Crippen LogP contribution in [0.25, 0.3) is 0 Å². The van der Waals surface area contributed by atoms with Crippen molar-refractivity contribution in [3.8, 4) is 0 Å². The summed E-state index contributed by atoms with van der Waals surface area (Å²) in [6.07, 6.45) is 17.1. The first-order chi connectivity index (χ1) is 6.95. The predicted molar refractivity (Wildman–Crippen MR) is 60.0 cm³/mol. The van der Waals surface area contributed by atoms with Crippen molar-refractivity contribution in [2.45, 2.75) is 51.4 Å². The lowest BCUT2D eigenvalue weighted by atomic mass is 9.79. The highest BCUT2D eigenvalue weighted by Crippen LogP contribution is 2.51. The van der Waals surface area contributed by atoms with Crippen molar-refractivity contribution >= 4 is 0 Å². The minimum atomic E-state index is 0.992. The first kappa shape index (κ1) is 9.00. The minimum Gasteiger partial charge on any atom is -0.0880 e. The average Bonchev–Trinajstić information content (AvgIpc) is 2.45. The fourth-order valence-electron chi connectivity index (χ4n) is 4.24. The van der Waals surface area contributed by atoms with E-state index in [-0.39, 0.29) is 0 Å². The molecule has 4 bridgehead atoms. The van der Waals surface area contributed by atoms with Crippen LogP contribution in [0.15, 0.2) is 12.2 Å². The molecule has 0 aromatic rings. The Bertz CT molecular complexity index is 228. The summed E-state index contributed by atoms with van der Waals surface area (Å²) in [5.41, 5.74) is 0. The molecule has 3 aliphatic carbocycles. The molecule has 2 fully saturated rings. The van der Waals surface area contributed by atoms with Crippen LogP contribution in [0.4, 0.5) is 0 Å². The minimum absolute atomic E-state index is 0.992. The van der Waals surface area contributed by atoms with Gasteiger partial charge in [0.2, 0.25) is 0 Å². The quantitative estimate of drug-likeness (QED) is 0.503. The highest BCUT2D eigenvalue weighted by atomic mass is 14.5. The monoisotopic (exact) mass is 190 g/mol. The zero-order valence-electron chi connectivity index (χ0n) is 9.12. The van der Waals surface area contributed by atoms with E-state index in [0.29, 0.717) is 0 Å². The molecule has 78 valence electrons. The Morgan fingerprint density at radius 1 is 0.857 bits per heavy atom. The molecular formula is C14H22. The van der Waals surface area contributed by atoms with E-state index < -0.39 is 0 Å². The van der Waals surface area contributed by atoms with Crippen molar-refractivity contribution in [1.82, 2.24) is 0 Å². The number of hydrogen-bond donors (Lipinski definition) is 0. The van der Waals surface area contributed by atoms with Crippen LogP contribution in [-0.4, -0.2) is 0 Å². The second-order valence-corrected chi connectivity index (χ2v) is 5.65. The molecule has 0 aromatic carbocycles. The van der Waals surface area contributed by atoms with E-state index in [4.69, 9.17) is 0 Å². The maximum Gasteiger partial charge on any atom is -0.0174 e. The van der Waals surface area contributed by atoms with E-state index in [0.717, 1.165) is 23.7 Å². The first-order valence-electron chi connectivity index (χ1n) is 6.62. The SMILES string of the molecule is C1=CC2C3CCCCCCC2C(C1)C3. The maximum atomic E-state index is 2.57. The maximum absolute atomic E-state index is 2.57. The van der Waals surface area contributed by atoms with Crippen LogP contribution >= 0.6 is 0 Å². The summed E-state index contributed by atoms with van der Waals surface area (Å²) in [5.74, 6) is 4.23. The molecule has 0 N–H and O–H groups in total. The molecule has 4 atom stereocenters. The molecule has 0 aromatic heterocycles. The fourth-order valence-corrected chi connectivity index (χ4v) is 4.24. The van der Waals surface area contributed by atoms with Gasteiger partial charge in [0, 0.05) is 0 Å². The van der Waals surface area contributed by atoms with Crippen LogP contribution in [-0.2, 0) is 0 Å². The van der Waals surface area contributed by atoms with Gasteiger partial charge in [-0.1, -0.05) is 37.8 Å². The van der Waals surface area contributed by atoms with Crippen molar-refractivity contribution < 1.29 is 0 Å². The molecular weight excluding hydrogens is 168 g/mol. The normalized spacial score (nSPS) is 46.9. The second-order valence-electron chi connectivity index (χ2n) is 5.65. The molecule has 14 heavy (non-hydrogen) atoms. The van der Waals surface area contributed by atoms with Gasteiger partial charge in [-0.2, -0.15) is 0 Å². The smallest absolute Gasteiger partial charge is 0.0174 e. The van der Waals surface area contributed by atoms with Crippen molar-refractivity contribution in [2.24, 2.45) is 23.7 Å². The summed E-state index contributed by atoms with van der Waals surface area (Å²) in [7, 11) is 0. The van der Waals surface area contributed by atoms with E-state index in [1.165, 1.54) is 44.9 Å². The van der Waals surface area contributed by atoms with Gasteiger partial charge in [0.15, 0.2) is 0 Å². The number of rotatable bonds is 0. The highest BCUT2D eigenvalue weighted by molar-refractivity contribution is 5.08. The predicted octanol–water partition coefficient (Wildman–Crippen LogP) is 4.17. The lowest BCUT2D eigenvalue weighted by Gasteiger charge is -2.26. The third kappa shape index (κ3) is 1.43. The van der Waals surface area contributed by atoms with E-state index >= 15 is 0 Å². The van der Waals surface area contributed by atoms with Gasteiger partial charge in [0.05, 0.1) is 0 Å². The van der Waals surface area contributed by atoms with Crippen LogP contribution in [0.1, 0.15) is 51.4 Å². The van der Waals surface area contributed by atoms with Crippen LogP contribution < -0.4 is 0 Å². The van der Waals surface area contributed by atoms with Crippen molar-refractivity contribution in [1.29, 1.82) is 0 Å². The standard InChI is InChI=1S/C14H22/c1-2-4-8-13-12-7-5-9-14(13)11(10-12)6-3-1/h5,9,11-14H,1-4,6-8,10H2. The van der Waals surface area contributed by atoms with Gasteiger partial charge >= 0.3 is 0 Å². The molecule has 0 heteroatoms. The van der Waals surface area contributed by atoms with Crippen LogP contribution in [0.5, 0.6) is 0 Å². The third-order valence-electron chi connectivity index (χ3n) is 4.91. The highest BCUT2D eigenvalue weighted by Gasteiger charge is 2.42. The van der Waals surface area contributed by atoms with Gasteiger partial charge in [-0.25, -0.2) is 0 Å². The molecule has 0 radical (unpaired) electrons. The Morgan fingerprint density at radius 2 is 1.71 bits per heavy atom. The van der Waals surface area contributed by atoms with Gasteiger partial charge in [-0.15, -0.1) is 0 Å². The molecule has 0 spiro atoms. The molecule has 0 amide bonds. The number of hydrogen-bond acceptors (Lipinski definition) is 0. The topological polar surface area (TPSA) is 0 Å². The van der Waals surface area contributed by atoms with Gasteiger partial charge in [0.25, 0.3) is 0 Å². The van der Waals surface area contributed by atoms with Gasteiger partial charge < -0.3 is 0 Å². The summed E-state index contributed by atoms with van der Waals surface area (Å²) in [6, 6.07) is 0. The Morgan fingerprint density at radius 3 is 2.64 bits per heavy atom. The van der Waals surface area contributed by atoms with Crippen molar-refractivity contribution in [2.75, 3.05) is 0 Å². The molecule has 0 saturated heterocycles. The Labute approximate surface area is 87.8 Å². The summed E-state index contributed by atoms with van der Waals surface area (Å²) in [4.78, 5) is 0. The summed E-state index contributed by atoms with van der Waals surface area (Å²) in [6.45, 7) is 0. The molecule has 3 rings (SSSR count). The Balaban J connectivity index is 1.82. The summed E-state index contributed by atoms with van der Waals surface area (Å²) < 4.78 is 0. The van der Waals surface area contributed by atoms with Crippen LogP contribution in [0, 0.1) is 23.7 Å². The van der Waals surface area contributed by atoms with Crippen molar-refractivity contribution in [3.63, 3.8) is 0 Å². The Kier molecular flexibility index (Phi) is 2.39. The molecule has 4 unspecified atom stereocenters. The van der Waals surface area contributed by atoms with Gasteiger partial charge in [-0.05, 0) is 49.4 Å². The Hall–Kier alpha value is -0.260. The van der Waals surface area contributed by atoms with E-state index in [1.54, 1.807) is 6.42 Å². The fraction of sp³-hybridized carbons (Fsp3) is 0.857. The van der Waals surface area contributed by atoms with E-state index in [9.17, 15) is 0 Å². The molecule has 3 aliphatic rings. The largest absolute Gasteiger partial charge is 0.0880 e. The zero-order valence-corrected chi connectivity index (χ0v) is 9.12. The van der Waals surface area contributed by atoms with Crippen molar-refractivity contribution in [3.05, 3.63) is 12.2 Å². The summed E-state index contributed by atoms with van der Waals surface area (Å²) >= 11 is 0. The number of allylic oxidation sites excluding steroid dienone is 2. The molecule has 0 aliphatic heterocycles. The average molecular weight is 190 g/mol. The lowest BCUT2D eigenvalue weighted by Crippen LogP contribution is -2.18. The van der Waals surface area contributed by atoms with E-state index in [1.807, 2.05) is 0 Å². The van der Waals surface area contributed by atoms with Gasteiger partial charge in [0.1, 0.15) is 0 Å². The molecule has 0 heterocycles. The third-order valence-corrected chi connectivity index (χ3v) is 4.91. The van der Waals surface area contributed by atoms with Gasteiger partial charge in [-0.3, -0.25) is 0 Å². The molecule has 2 saturated carbocycles. The second kappa shape index (κ2) is 3.72. The zero-order chi connectivity index (χ0) is 9.38. The van der Waals surface area contributed by atoms with Crippen LogP contribution in [0.2, 0.25) is 0 Å². The van der Waals surface area contributed by atoms with Crippen LogP contribution in [0.3, 0.4) is 0 Å². The van der Waals surface area contributed by atoms with E-state index in [2.05, 4.69) is 12.2 Å². The molecule has 0 nitrogen and oxygen atoms in total. The lowest BCUT2D eigenvalue weighted by molar-refractivity contribution is 0.295. The first-order valence-corrected chi connectivity index (χ1v) is 6.62. The summed E-state index contributed by atoms with van der Waals surface area (Å²) in [5, 5.41) is 0.